The maximum Gasteiger partial charge on any atom is 0.174 e. The summed E-state index contributed by atoms with van der Waals surface area (Å²) in [6.07, 6.45) is 0.998. The third-order valence-electron chi connectivity index (χ3n) is 5.91. The summed E-state index contributed by atoms with van der Waals surface area (Å²) >= 11 is 5.88. The summed E-state index contributed by atoms with van der Waals surface area (Å²) in [6, 6.07) is 18.0. The van der Waals surface area contributed by atoms with Crippen LogP contribution in [0.25, 0.3) is 11.0 Å². The minimum absolute atomic E-state index is 0.0122. The number of rotatable bonds is 8. The van der Waals surface area contributed by atoms with Crippen molar-refractivity contribution in [3.05, 3.63) is 60.4 Å². The Morgan fingerprint density at radius 1 is 1.16 bits per heavy atom. The molecule has 2 aromatic carbocycles. The van der Waals surface area contributed by atoms with Gasteiger partial charge in [-0.3, -0.25) is 4.90 Å². The zero-order valence-corrected chi connectivity index (χ0v) is 19.6. The third-order valence-corrected chi connectivity index (χ3v) is 6.25. The highest BCUT2D eigenvalue weighted by Crippen LogP contribution is 2.29. The molecule has 1 atom stereocenters. The highest BCUT2D eigenvalue weighted by Gasteiger charge is 2.23. The number of fused-ring (bicyclic) bond motifs is 1. The molecule has 0 radical (unpaired) electrons. The SMILES string of the molecule is COc1ccccc1NC(=S)N(CCCN1CCOCC1)[C@H](C)c1cc2ccccc2o1. The Bertz CT molecular complexity index is 999. The molecule has 32 heavy (non-hydrogen) atoms. The number of hydrogen-bond acceptors (Lipinski definition) is 5. The quantitative estimate of drug-likeness (QED) is 0.486. The molecule has 0 spiro atoms. The van der Waals surface area contributed by atoms with E-state index in [1.54, 1.807) is 7.11 Å². The Kier molecular flexibility index (Phi) is 7.63. The number of anilines is 1. The lowest BCUT2D eigenvalue weighted by atomic mass is 10.2. The Labute approximate surface area is 195 Å². The number of furan rings is 1. The monoisotopic (exact) mass is 453 g/mol. The van der Waals surface area contributed by atoms with E-state index < -0.39 is 0 Å². The number of thiocarbonyl (C=S) groups is 1. The fourth-order valence-electron chi connectivity index (χ4n) is 4.06. The highest BCUT2D eigenvalue weighted by atomic mass is 32.1. The van der Waals surface area contributed by atoms with E-state index in [2.05, 4.69) is 34.2 Å². The summed E-state index contributed by atoms with van der Waals surface area (Å²) in [6.45, 7) is 7.58. The molecule has 0 amide bonds. The first kappa shape index (κ1) is 22.6. The summed E-state index contributed by atoms with van der Waals surface area (Å²) in [5, 5.41) is 5.15. The van der Waals surface area contributed by atoms with Crippen molar-refractivity contribution in [2.24, 2.45) is 0 Å². The molecule has 4 rings (SSSR count). The van der Waals surface area contributed by atoms with E-state index >= 15 is 0 Å². The summed E-state index contributed by atoms with van der Waals surface area (Å²) in [5.74, 6) is 1.67. The van der Waals surface area contributed by atoms with Crippen LogP contribution in [-0.4, -0.2) is 61.4 Å². The molecule has 3 aromatic rings. The Hall–Kier alpha value is -2.61. The number of ether oxygens (including phenoxy) is 2. The molecule has 7 heteroatoms. The molecule has 170 valence electrons. The zero-order valence-electron chi connectivity index (χ0n) is 18.8. The number of benzene rings is 2. The topological polar surface area (TPSA) is 50.1 Å². The second kappa shape index (κ2) is 10.8. The maximum atomic E-state index is 6.17. The third kappa shape index (κ3) is 5.41. The Morgan fingerprint density at radius 2 is 1.91 bits per heavy atom. The van der Waals surface area contributed by atoms with Gasteiger partial charge < -0.3 is 24.1 Å². The second-order valence-corrected chi connectivity index (χ2v) is 8.38. The molecule has 2 heterocycles. The molecule has 6 nitrogen and oxygen atoms in total. The molecular weight excluding hydrogens is 422 g/mol. The summed E-state index contributed by atoms with van der Waals surface area (Å²) in [4.78, 5) is 4.66. The lowest BCUT2D eigenvalue weighted by molar-refractivity contribution is 0.0365. The van der Waals surface area contributed by atoms with Crippen molar-refractivity contribution in [1.82, 2.24) is 9.80 Å². The van der Waals surface area contributed by atoms with Crippen LogP contribution < -0.4 is 10.1 Å². The lowest BCUT2D eigenvalue weighted by Gasteiger charge is -2.32. The first-order valence-corrected chi connectivity index (χ1v) is 11.6. The van der Waals surface area contributed by atoms with Crippen molar-refractivity contribution in [2.45, 2.75) is 19.4 Å². The van der Waals surface area contributed by atoms with Crippen molar-refractivity contribution < 1.29 is 13.9 Å². The van der Waals surface area contributed by atoms with Gasteiger partial charge in [0.15, 0.2) is 5.11 Å². The van der Waals surface area contributed by atoms with Crippen LogP contribution in [0, 0.1) is 0 Å². The van der Waals surface area contributed by atoms with E-state index in [4.69, 9.17) is 26.1 Å². The maximum absolute atomic E-state index is 6.17. The molecule has 1 aromatic heterocycles. The van der Waals surface area contributed by atoms with E-state index in [9.17, 15) is 0 Å². The molecule has 0 saturated carbocycles. The number of para-hydroxylation sites is 3. The van der Waals surface area contributed by atoms with Crippen LogP contribution in [0.2, 0.25) is 0 Å². The van der Waals surface area contributed by atoms with Crippen LogP contribution in [0.4, 0.5) is 5.69 Å². The fourth-order valence-corrected chi connectivity index (χ4v) is 4.42. The lowest BCUT2D eigenvalue weighted by Crippen LogP contribution is -2.41. The van der Waals surface area contributed by atoms with Gasteiger partial charge in [-0.25, -0.2) is 0 Å². The zero-order chi connectivity index (χ0) is 22.3. The van der Waals surface area contributed by atoms with E-state index in [1.807, 2.05) is 42.5 Å². The first-order valence-electron chi connectivity index (χ1n) is 11.1. The van der Waals surface area contributed by atoms with Crippen LogP contribution in [0.15, 0.2) is 59.0 Å². The van der Waals surface area contributed by atoms with E-state index in [0.717, 1.165) is 74.0 Å². The van der Waals surface area contributed by atoms with Gasteiger partial charge in [-0.05, 0) is 49.8 Å². The fraction of sp³-hybridized carbons (Fsp3) is 0.400. The Morgan fingerprint density at radius 3 is 2.69 bits per heavy atom. The molecule has 1 aliphatic rings. The standard InChI is InChI=1S/C25H31N3O3S/c1-19(24-18-20-8-3-5-10-22(20)31-24)28(13-7-12-27-14-16-30-17-15-27)25(32)26-21-9-4-6-11-23(21)29-2/h3-6,8-11,18-19H,7,12-17H2,1-2H3,(H,26,32)/t19-/m1/s1. The van der Waals surface area contributed by atoms with Gasteiger partial charge in [-0.1, -0.05) is 30.3 Å². The van der Waals surface area contributed by atoms with E-state index in [-0.39, 0.29) is 6.04 Å². The van der Waals surface area contributed by atoms with Gasteiger partial charge in [0.05, 0.1) is 32.1 Å². The molecule has 0 bridgehead atoms. The minimum atomic E-state index is -0.0122. The second-order valence-electron chi connectivity index (χ2n) is 7.99. The average Bonchev–Trinajstić information content (AvgIpc) is 3.27. The van der Waals surface area contributed by atoms with Gasteiger partial charge in [0.1, 0.15) is 17.1 Å². The highest BCUT2D eigenvalue weighted by molar-refractivity contribution is 7.80. The molecule has 1 N–H and O–H groups in total. The summed E-state index contributed by atoms with van der Waals surface area (Å²) < 4.78 is 17.1. The van der Waals surface area contributed by atoms with Crippen molar-refractivity contribution in [2.75, 3.05) is 51.8 Å². The first-order chi connectivity index (χ1) is 15.7. The molecule has 0 unspecified atom stereocenters. The molecule has 1 saturated heterocycles. The van der Waals surface area contributed by atoms with Gasteiger partial charge >= 0.3 is 0 Å². The van der Waals surface area contributed by atoms with Crippen LogP contribution in [-0.2, 0) is 4.74 Å². The van der Waals surface area contributed by atoms with Gasteiger partial charge in [0.2, 0.25) is 0 Å². The summed E-state index contributed by atoms with van der Waals surface area (Å²) in [7, 11) is 1.67. The van der Waals surface area contributed by atoms with Crippen LogP contribution in [0.3, 0.4) is 0 Å². The predicted molar refractivity (Wildman–Crippen MR) is 132 cm³/mol. The number of nitrogens with one attached hydrogen (secondary N) is 1. The largest absolute Gasteiger partial charge is 0.495 e. The smallest absolute Gasteiger partial charge is 0.174 e. The van der Waals surface area contributed by atoms with Crippen LogP contribution in [0.1, 0.15) is 25.1 Å². The number of nitrogens with zero attached hydrogens (tertiary/aromatic N) is 2. The number of morpholine rings is 1. The summed E-state index contributed by atoms with van der Waals surface area (Å²) in [5.41, 5.74) is 1.75. The van der Waals surface area contributed by atoms with Gasteiger partial charge in [-0.15, -0.1) is 0 Å². The minimum Gasteiger partial charge on any atom is -0.495 e. The van der Waals surface area contributed by atoms with Gasteiger partial charge in [0.25, 0.3) is 0 Å². The number of methoxy groups -OCH3 is 1. The van der Waals surface area contributed by atoms with Gasteiger partial charge in [0, 0.05) is 31.6 Å². The van der Waals surface area contributed by atoms with Crippen molar-refractivity contribution >= 4 is 34.0 Å². The normalized spacial score (nSPS) is 15.4. The predicted octanol–water partition coefficient (Wildman–Crippen LogP) is 4.92. The van der Waals surface area contributed by atoms with E-state index in [0.29, 0.717) is 5.11 Å². The average molecular weight is 454 g/mol. The van der Waals surface area contributed by atoms with E-state index in [1.165, 1.54) is 0 Å². The molecule has 0 aliphatic carbocycles. The van der Waals surface area contributed by atoms with Crippen molar-refractivity contribution in [3.63, 3.8) is 0 Å². The Balaban J connectivity index is 1.51. The van der Waals surface area contributed by atoms with Crippen molar-refractivity contribution in [3.8, 4) is 5.75 Å². The molecule has 1 aliphatic heterocycles. The van der Waals surface area contributed by atoms with Crippen molar-refractivity contribution in [1.29, 1.82) is 0 Å². The number of hydrogen-bond donors (Lipinski definition) is 1. The molecule has 1 fully saturated rings. The van der Waals surface area contributed by atoms with Gasteiger partial charge in [-0.2, -0.15) is 0 Å². The van der Waals surface area contributed by atoms with Crippen LogP contribution >= 0.6 is 12.2 Å². The van der Waals surface area contributed by atoms with Crippen LogP contribution in [0.5, 0.6) is 5.75 Å². The molecular formula is C25H31N3O3S.